The third kappa shape index (κ3) is 7.40. The molecule has 0 aromatic heterocycles. The zero-order valence-electron chi connectivity index (χ0n) is 17.8. The summed E-state index contributed by atoms with van der Waals surface area (Å²) in [5.74, 6) is -2.80. The van der Waals surface area contributed by atoms with Gasteiger partial charge < -0.3 is 28.4 Å². The largest absolute Gasteiger partial charge is 0.462 e. The Hall–Kier alpha value is -2.49. The molecule has 0 bridgehead atoms. The molecule has 0 saturated carbocycles. The van der Waals surface area contributed by atoms with Crippen LogP contribution in [0.25, 0.3) is 0 Å². The summed E-state index contributed by atoms with van der Waals surface area (Å²) in [5.41, 5.74) is 0.860. The van der Waals surface area contributed by atoms with Gasteiger partial charge in [-0.1, -0.05) is 30.3 Å². The molecule has 30 heavy (non-hydrogen) atoms. The molecule has 1 aliphatic rings. The number of rotatable bonds is 9. The number of carbonyl (C=O) groups excluding carboxylic acids is 3. The molecule has 2 rings (SSSR count). The molecule has 0 spiro atoms. The lowest BCUT2D eigenvalue weighted by Gasteiger charge is -2.32. The molecule has 1 aromatic rings. The van der Waals surface area contributed by atoms with Crippen molar-refractivity contribution in [3.63, 3.8) is 0 Å². The molecular weight excluding hydrogens is 396 g/mol. The molecule has 1 unspecified atom stereocenters. The summed E-state index contributed by atoms with van der Waals surface area (Å²) in [6.45, 7) is 6.92. The number of ether oxygens (including phenoxy) is 6. The minimum atomic E-state index is -1.10. The summed E-state index contributed by atoms with van der Waals surface area (Å²) in [6, 6.07) is 9.32. The van der Waals surface area contributed by atoms with Gasteiger partial charge in [0.2, 0.25) is 6.29 Å². The third-order valence-corrected chi connectivity index (χ3v) is 4.11. The molecule has 9 nitrogen and oxygen atoms in total. The minimum absolute atomic E-state index is 0.149. The Morgan fingerprint density at radius 3 is 2.23 bits per heavy atom. The fourth-order valence-electron chi connectivity index (χ4n) is 3.02. The van der Waals surface area contributed by atoms with Crippen molar-refractivity contribution in [3.05, 3.63) is 35.9 Å². The van der Waals surface area contributed by atoms with Crippen LogP contribution < -0.4 is 0 Å². The van der Waals surface area contributed by atoms with Gasteiger partial charge in [0.1, 0.15) is 12.7 Å². The molecule has 1 saturated heterocycles. The summed E-state index contributed by atoms with van der Waals surface area (Å²) in [4.78, 5) is 34.6. The number of benzene rings is 1. The lowest BCUT2D eigenvalue weighted by molar-refractivity contribution is -0.197. The van der Waals surface area contributed by atoms with E-state index in [2.05, 4.69) is 0 Å². The van der Waals surface area contributed by atoms with E-state index in [1.807, 2.05) is 30.3 Å². The lowest BCUT2D eigenvalue weighted by atomic mass is 10.1. The molecule has 166 valence electrons. The fourth-order valence-corrected chi connectivity index (χ4v) is 3.02. The van der Waals surface area contributed by atoms with E-state index in [0.717, 1.165) is 5.56 Å². The quantitative estimate of drug-likeness (QED) is 0.435. The first-order valence-corrected chi connectivity index (χ1v) is 9.56. The molecule has 1 aliphatic heterocycles. The van der Waals surface area contributed by atoms with Crippen LogP contribution in [0.5, 0.6) is 0 Å². The van der Waals surface area contributed by atoms with E-state index in [4.69, 9.17) is 28.4 Å². The van der Waals surface area contributed by atoms with Crippen LogP contribution in [0.15, 0.2) is 30.3 Å². The van der Waals surface area contributed by atoms with Crippen LogP contribution in [0.1, 0.15) is 40.2 Å². The smallest absolute Gasteiger partial charge is 0.305 e. The maximum atomic E-state index is 11.7. The highest BCUT2D eigenvalue weighted by Crippen LogP contribution is 2.34. The van der Waals surface area contributed by atoms with Crippen molar-refractivity contribution in [3.8, 4) is 0 Å². The molecule has 1 fully saturated rings. The van der Waals surface area contributed by atoms with Crippen LogP contribution in [-0.2, 0) is 49.4 Å². The minimum Gasteiger partial charge on any atom is -0.462 e. The molecule has 0 aliphatic carbocycles. The first kappa shape index (κ1) is 23.8. The zero-order chi connectivity index (χ0) is 22.3. The van der Waals surface area contributed by atoms with Gasteiger partial charge in [0.15, 0.2) is 18.0 Å². The third-order valence-electron chi connectivity index (χ3n) is 4.11. The van der Waals surface area contributed by atoms with Crippen LogP contribution in [0.4, 0.5) is 0 Å². The lowest BCUT2D eigenvalue weighted by Crippen LogP contribution is -2.49. The molecule has 4 atom stereocenters. The van der Waals surface area contributed by atoms with Gasteiger partial charge in [-0.05, 0) is 19.4 Å². The van der Waals surface area contributed by atoms with E-state index in [9.17, 15) is 14.4 Å². The van der Waals surface area contributed by atoms with Crippen molar-refractivity contribution in [2.24, 2.45) is 0 Å². The molecule has 0 amide bonds. The predicted octanol–water partition coefficient (Wildman–Crippen LogP) is 2.11. The van der Waals surface area contributed by atoms with E-state index in [-0.39, 0.29) is 13.2 Å². The van der Waals surface area contributed by atoms with Gasteiger partial charge in [-0.15, -0.1) is 0 Å². The van der Waals surface area contributed by atoms with E-state index in [0.29, 0.717) is 0 Å². The van der Waals surface area contributed by atoms with Crippen LogP contribution >= 0.6 is 0 Å². The number of hydrogen-bond donors (Lipinski definition) is 0. The van der Waals surface area contributed by atoms with Gasteiger partial charge in [0.25, 0.3) is 0 Å². The van der Waals surface area contributed by atoms with Gasteiger partial charge in [-0.2, -0.15) is 0 Å². The van der Waals surface area contributed by atoms with Crippen LogP contribution in [-0.4, -0.2) is 54.9 Å². The fraction of sp³-hybridized carbons (Fsp3) is 0.571. The average Bonchev–Trinajstić information content (AvgIpc) is 2.93. The van der Waals surface area contributed by atoms with Gasteiger partial charge in [0, 0.05) is 20.8 Å². The monoisotopic (exact) mass is 424 g/mol. The summed E-state index contributed by atoms with van der Waals surface area (Å²) in [7, 11) is 0. The zero-order valence-corrected chi connectivity index (χ0v) is 17.8. The summed E-state index contributed by atoms with van der Waals surface area (Å²) < 4.78 is 33.4. The van der Waals surface area contributed by atoms with Crippen LogP contribution in [0.3, 0.4) is 0 Å². The summed E-state index contributed by atoms with van der Waals surface area (Å²) in [6.07, 6.45) is -4.02. The molecular formula is C21H28O9. The van der Waals surface area contributed by atoms with Crippen LogP contribution in [0.2, 0.25) is 0 Å². The van der Waals surface area contributed by atoms with Crippen molar-refractivity contribution in [2.75, 3.05) is 6.61 Å². The van der Waals surface area contributed by atoms with E-state index < -0.39 is 48.3 Å². The highest BCUT2D eigenvalue weighted by Gasteiger charge is 2.51. The molecule has 1 aromatic carbocycles. The first-order valence-electron chi connectivity index (χ1n) is 9.56. The van der Waals surface area contributed by atoms with E-state index in [1.165, 1.54) is 20.8 Å². The highest BCUT2D eigenvalue weighted by molar-refractivity contribution is 5.67. The maximum Gasteiger partial charge on any atom is 0.305 e. The molecule has 1 heterocycles. The van der Waals surface area contributed by atoms with Crippen molar-refractivity contribution in [1.29, 1.82) is 0 Å². The van der Waals surface area contributed by atoms with Crippen molar-refractivity contribution < 1.29 is 42.8 Å². The average molecular weight is 424 g/mol. The van der Waals surface area contributed by atoms with Gasteiger partial charge in [-0.3, -0.25) is 14.4 Å². The Bertz CT molecular complexity index is 731. The van der Waals surface area contributed by atoms with Crippen LogP contribution in [0, 0.1) is 0 Å². The second-order valence-corrected chi connectivity index (χ2v) is 7.29. The van der Waals surface area contributed by atoms with Crippen molar-refractivity contribution in [1.82, 2.24) is 0 Å². The Morgan fingerprint density at radius 1 is 1.00 bits per heavy atom. The molecule has 9 heteroatoms. The Kier molecular flexibility index (Phi) is 8.33. The second kappa shape index (κ2) is 10.5. The predicted molar refractivity (Wildman–Crippen MR) is 103 cm³/mol. The molecule has 0 N–H and O–H groups in total. The Morgan fingerprint density at radius 2 is 1.67 bits per heavy atom. The van der Waals surface area contributed by atoms with Crippen molar-refractivity contribution >= 4 is 17.9 Å². The van der Waals surface area contributed by atoms with E-state index in [1.54, 1.807) is 13.8 Å². The number of carbonyl (C=O) groups is 3. The summed E-state index contributed by atoms with van der Waals surface area (Å²) >= 11 is 0. The van der Waals surface area contributed by atoms with Gasteiger partial charge >= 0.3 is 17.9 Å². The van der Waals surface area contributed by atoms with Gasteiger partial charge in [-0.25, -0.2) is 0 Å². The Labute approximate surface area is 175 Å². The number of hydrogen-bond acceptors (Lipinski definition) is 9. The van der Waals surface area contributed by atoms with E-state index >= 15 is 0 Å². The second-order valence-electron chi connectivity index (χ2n) is 7.29. The first-order chi connectivity index (χ1) is 14.1. The highest BCUT2D eigenvalue weighted by atomic mass is 16.8. The normalized spacial score (nSPS) is 22.0. The summed E-state index contributed by atoms with van der Waals surface area (Å²) in [5, 5.41) is 0. The SMILES string of the molecule is CC(=O)OC[C@@H](OC(C)=O)[C@H](OCc1ccccc1)[C@H]1OC(C)(C)OC1OC(C)=O. The van der Waals surface area contributed by atoms with Gasteiger partial charge in [0.05, 0.1) is 6.61 Å². The maximum absolute atomic E-state index is 11.7. The number of esters is 3. The van der Waals surface area contributed by atoms with Crippen molar-refractivity contribution in [2.45, 2.75) is 71.6 Å². The standard InChI is InChI=1S/C21H28O9/c1-13(22)25-12-17(27-14(2)23)18(26-11-16-9-7-6-8-10-16)19-20(28-15(3)24)30-21(4,5)29-19/h6-10,17-20H,11-12H2,1-5H3/t17-,18+,19-,20?/m1/s1. The molecule has 0 radical (unpaired) electrons. The Balaban J connectivity index is 2.32. The topological polar surface area (TPSA) is 107 Å².